The summed E-state index contributed by atoms with van der Waals surface area (Å²) in [5.41, 5.74) is 0.0883. The van der Waals surface area contributed by atoms with Crippen LogP contribution in [0.3, 0.4) is 0 Å². The van der Waals surface area contributed by atoms with Gasteiger partial charge < -0.3 is 4.90 Å². The molecule has 1 aromatic carbocycles. The first kappa shape index (κ1) is 14.4. The van der Waals surface area contributed by atoms with Gasteiger partial charge in [0.2, 0.25) is 0 Å². The molecule has 1 heterocycles. The van der Waals surface area contributed by atoms with Gasteiger partial charge in [0, 0.05) is 29.5 Å². The predicted molar refractivity (Wildman–Crippen MR) is 73.4 cm³/mol. The number of hydrogen-bond acceptors (Lipinski definition) is 1. The van der Waals surface area contributed by atoms with Gasteiger partial charge in [-0.15, -0.1) is 0 Å². The molecular weight excluding hydrogens is 316 g/mol. The molecule has 5 heteroatoms. The van der Waals surface area contributed by atoms with Crippen LogP contribution in [0.4, 0.5) is 8.78 Å². The molecule has 1 atom stereocenters. The van der Waals surface area contributed by atoms with Crippen molar-refractivity contribution in [1.29, 1.82) is 0 Å². The lowest BCUT2D eigenvalue weighted by Gasteiger charge is -2.28. The summed E-state index contributed by atoms with van der Waals surface area (Å²) in [6.45, 7) is 0.646. The Balaban J connectivity index is 2.25. The number of halogens is 3. The highest BCUT2D eigenvalue weighted by atomic mass is 79.9. The normalized spacial score (nSPS) is 20.2. The summed E-state index contributed by atoms with van der Waals surface area (Å²) >= 11 is 3.41. The van der Waals surface area contributed by atoms with E-state index < -0.39 is 11.6 Å². The Bertz CT molecular complexity index is 447. The van der Waals surface area contributed by atoms with Crippen molar-refractivity contribution in [3.63, 3.8) is 0 Å². The maximum absolute atomic E-state index is 13.2. The highest BCUT2D eigenvalue weighted by Crippen LogP contribution is 2.21. The van der Waals surface area contributed by atoms with Gasteiger partial charge >= 0.3 is 0 Å². The number of rotatable bonds is 2. The molecule has 0 aliphatic carbocycles. The summed E-state index contributed by atoms with van der Waals surface area (Å²) in [6.07, 6.45) is 4.03. The molecule has 0 saturated carbocycles. The SMILES string of the molecule is O=C(c1cc(F)cc(F)c1)N1CCCCCC1CBr. The Labute approximate surface area is 119 Å². The van der Waals surface area contributed by atoms with Gasteiger partial charge in [-0.2, -0.15) is 0 Å². The fourth-order valence-electron chi connectivity index (χ4n) is 2.45. The minimum Gasteiger partial charge on any atom is -0.335 e. The molecule has 1 unspecified atom stereocenters. The Morgan fingerprint density at radius 3 is 2.53 bits per heavy atom. The van der Waals surface area contributed by atoms with Crippen LogP contribution in [0.15, 0.2) is 18.2 Å². The van der Waals surface area contributed by atoms with Crippen LogP contribution in [0.2, 0.25) is 0 Å². The topological polar surface area (TPSA) is 20.3 Å². The molecule has 2 nitrogen and oxygen atoms in total. The highest BCUT2D eigenvalue weighted by molar-refractivity contribution is 9.09. The number of likely N-dealkylation sites (tertiary alicyclic amines) is 1. The standard InChI is InChI=1S/C14H16BrF2NO/c15-9-13-4-2-1-3-5-18(13)14(19)10-6-11(16)8-12(17)7-10/h6-8,13H,1-5,9H2. The van der Waals surface area contributed by atoms with E-state index in [1.165, 1.54) is 0 Å². The second kappa shape index (κ2) is 6.46. The van der Waals surface area contributed by atoms with Crippen molar-refractivity contribution in [2.24, 2.45) is 0 Å². The molecule has 0 spiro atoms. The van der Waals surface area contributed by atoms with E-state index in [4.69, 9.17) is 0 Å². The van der Waals surface area contributed by atoms with Gasteiger partial charge in [0.15, 0.2) is 0 Å². The molecule has 0 N–H and O–H groups in total. The second-order valence-corrected chi connectivity index (χ2v) is 5.46. The summed E-state index contributed by atoms with van der Waals surface area (Å²) in [5, 5.41) is 0.691. The van der Waals surface area contributed by atoms with E-state index in [-0.39, 0.29) is 17.5 Å². The van der Waals surface area contributed by atoms with Gasteiger partial charge in [-0.3, -0.25) is 4.79 Å². The molecule has 1 fully saturated rings. The first-order valence-electron chi connectivity index (χ1n) is 6.45. The summed E-state index contributed by atoms with van der Waals surface area (Å²) in [5.74, 6) is -1.72. The van der Waals surface area contributed by atoms with Crippen molar-refractivity contribution in [3.05, 3.63) is 35.4 Å². The number of benzene rings is 1. The van der Waals surface area contributed by atoms with Crippen LogP contribution < -0.4 is 0 Å². The van der Waals surface area contributed by atoms with E-state index in [1.807, 2.05) is 0 Å². The van der Waals surface area contributed by atoms with Gasteiger partial charge in [-0.1, -0.05) is 28.8 Å². The molecule has 104 valence electrons. The zero-order chi connectivity index (χ0) is 13.8. The van der Waals surface area contributed by atoms with Crippen LogP contribution >= 0.6 is 15.9 Å². The zero-order valence-corrected chi connectivity index (χ0v) is 12.1. The number of alkyl halides is 1. The minimum absolute atomic E-state index is 0.0883. The van der Waals surface area contributed by atoms with Gasteiger partial charge in [0.1, 0.15) is 11.6 Å². The third-order valence-corrected chi connectivity index (χ3v) is 4.17. The van der Waals surface area contributed by atoms with Crippen LogP contribution in [0.5, 0.6) is 0 Å². The van der Waals surface area contributed by atoms with Crippen molar-refractivity contribution >= 4 is 21.8 Å². The van der Waals surface area contributed by atoms with Gasteiger partial charge in [0.05, 0.1) is 0 Å². The first-order valence-corrected chi connectivity index (χ1v) is 7.57. The van der Waals surface area contributed by atoms with E-state index in [0.717, 1.165) is 43.9 Å². The smallest absolute Gasteiger partial charge is 0.254 e. The molecule has 0 bridgehead atoms. The summed E-state index contributed by atoms with van der Waals surface area (Å²) in [4.78, 5) is 14.1. The lowest BCUT2D eigenvalue weighted by atomic mass is 10.1. The van der Waals surface area contributed by atoms with E-state index in [9.17, 15) is 13.6 Å². The summed E-state index contributed by atoms with van der Waals surface area (Å²) in [6, 6.07) is 3.08. The minimum atomic E-state index is -0.714. The number of nitrogens with zero attached hydrogens (tertiary/aromatic N) is 1. The average Bonchev–Trinajstić information content (AvgIpc) is 2.61. The molecular formula is C14H16BrF2NO. The quantitative estimate of drug-likeness (QED) is 0.756. The predicted octanol–water partition coefficient (Wildman–Crippen LogP) is 3.74. The molecule has 0 aromatic heterocycles. The van der Waals surface area contributed by atoms with Crippen molar-refractivity contribution in [2.75, 3.05) is 11.9 Å². The number of hydrogen-bond donors (Lipinski definition) is 0. The molecule has 1 aliphatic rings. The lowest BCUT2D eigenvalue weighted by Crippen LogP contribution is -2.41. The maximum atomic E-state index is 13.2. The summed E-state index contributed by atoms with van der Waals surface area (Å²) in [7, 11) is 0. The van der Waals surface area contributed by atoms with Crippen LogP contribution in [-0.4, -0.2) is 28.7 Å². The summed E-state index contributed by atoms with van der Waals surface area (Å²) < 4.78 is 26.4. The number of amides is 1. The molecule has 1 aromatic rings. The zero-order valence-electron chi connectivity index (χ0n) is 10.5. The van der Waals surface area contributed by atoms with Crippen molar-refractivity contribution in [2.45, 2.75) is 31.7 Å². The molecule has 1 aliphatic heterocycles. The average molecular weight is 332 g/mol. The first-order chi connectivity index (χ1) is 9.11. The molecule has 0 radical (unpaired) electrons. The van der Waals surface area contributed by atoms with E-state index in [0.29, 0.717) is 11.9 Å². The van der Waals surface area contributed by atoms with Gasteiger partial charge in [-0.05, 0) is 25.0 Å². The monoisotopic (exact) mass is 331 g/mol. The van der Waals surface area contributed by atoms with Crippen LogP contribution in [0.25, 0.3) is 0 Å². The van der Waals surface area contributed by atoms with E-state index in [1.54, 1.807) is 4.90 Å². The fourth-order valence-corrected chi connectivity index (χ4v) is 3.12. The van der Waals surface area contributed by atoms with Crippen molar-refractivity contribution in [3.8, 4) is 0 Å². The van der Waals surface area contributed by atoms with Crippen molar-refractivity contribution in [1.82, 2.24) is 4.90 Å². The molecule has 2 rings (SSSR count). The Kier molecular flexibility index (Phi) is 4.91. The third-order valence-electron chi connectivity index (χ3n) is 3.43. The molecule has 19 heavy (non-hydrogen) atoms. The van der Waals surface area contributed by atoms with Gasteiger partial charge in [0.25, 0.3) is 5.91 Å². The van der Waals surface area contributed by atoms with E-state index >= 15 is 0 Å². The number of carbonyl (C=O) groups excluding carboxylic acids is 1. The van der Waals surface area contributed by atoms with Crippen LogP contribution in [-0.2, 0) is 0 Å². The lowest BCUT2D eigenvalue weighted by molar-refractivity contribution is 0.0701. The third kappa shape index (κ3) is 3.53. The van der Waals surface area contributed by atoms with Crippen LogP contribution in [0, 0.1) is 11.6 Å². The maximum Gasteiger partial charge on any atom is 0.254 e. The van der Waals surface area contributed by atoms with E-state index in [2.05, 4.69) is 15.9 Å². The van der Waals surface area contributed by atoms with Crippen molar-refractivity contribution < 1.29 is 13.6 Å². The largest absolute Gasteiger partial charge is 0.335 e. The highest BCUT2D eigenvalue weighted by Gasteiger charge is 2.26. The van der Waals surface area contributed by atoms with Gasteiger partial charge in [-0.25, -0.2) is 8.78 Å². The number of carbonyl (C=O) groups is 1. The Morgan fingerprint density at radius 2 is 1.89 bits per heavy atom. The fraction of sp³-hybridized carbons (Fsp3) is 0.500. The molecule has 1 saturated heterocycles. The van der Waals surface area contributed by atoms with Crippen LogP contribution in [0.1, 0.15) is 36.0 Å². The second-order valence-electron chi connectivity index (χ2n) is 4.81. The molecule has 1 amide bonds. The Hall–Kier alpha value is -0.970. The Morgan fingerprint density at radius 1 is 1.21 bits per heavy atom.